The van der Waals surface area contributed by atoms with Crippen LogP contribution in [0.1, 0.15) is 29.6 Å². The Hall–Kier alpha value is -2.43. The number of ether oxygens (including phenoxy) is 1. The lowest BCUT2D eigenvalue weighted by Crippen LogP contribution is -2.55. The van der Waals surface area contributed by atoms with Gasteiger partial charge in [-0.1, -0.05) is 22.4 Å². The minimum Gasteiger partial charge on any atom is -0.497 e. The second-order valence-electron chi connectivity index (χ2n) is 6.75. The largest absolute Gasteiger partial charge is 0.497 e. The number of halogens is 1. The first-order valence-corrected chi connectivity index (χ1v) is 11.6. The predicted octanol–water partition coefficient (Wildman–Crippen LogP) is 2.46. The monoisotopic (exact) mass is 495 g/mol. The molecule has 0 aliphatic carbocycles. The number of sulfonamides is 1. The van der Waals surface area contributed by atoms with Gasteiger partial charge in [0, 0.05) is 16.6 Å². The summed E-state index contributed by atoms with van der Waals surface area (Å²) in [5.41, 5.74) is 5.04. The van der Waals surface area contributed by atoms with Crippen LogP contribution in [0.4, 0.5) is 0 Å². The van der Waals surface area contributed by atoms with Crippen molar-refractivity contribution >= 4 is 37.8 Å². The number of benzene rings is 2. The number of methoxy groups -OCH3 is 1. The van der Waals surface area contributed by atoms with Crippen LogP contribution >= 0.6 is 15.9 Å². The van der Waals surface area contributed by atoms with E-state index < -0.39 is 27.9 Å². The number of rotatable bonds is 5. The molecule has 2 aromatic rings. The number of nitrogens with one attached hydrogen (secondary N) is 2. The summed E-state index contributed by atoms with van der Waals surface area (Å²) in [6.07, 6.45) is 1.76. The molecule has 0 bridgehead atoms. The summed E-state index contributed by atoms with van der Waals surface area (Å²) in [4.78, 5) is 25.1. The SMILES string of the molecule is COc1ccc(C(=O)NNC(=O)C2CCCCN2S(=O)(=O)c2ccc(Br)cc2)cc1. The second-order valence-corrected chi connectivity index (χ2v) is 9.56. The normalized spacial score (nSPS) is 17.2. The summed E-state index contributed by atoms with van der Waals surface area (Å²) < 4.78 is 33.1. The predicted molar refractivity (Wildman–Crippen MR) is 114 cm³/mol. The van der Waals surface area contributed by atoms with Gasteiger partial charge in [-0.2, -0.15) is 4.31 Å². The molecule has 30 heavy (non-hydrogen) atoms. The van der Waals surface area contributed by atoms with E-state index >= 15 is 0 Å². The Bertz CT molecular complexity index is 1010. The molecule has 1 heterocycles. The molecule has 2 amide bonds. The highest BCUT2D eigenvalue weighted by atomic mass is 79.9. The van der Waals surface area contributed by atoms with E-state index in [0.717, 1.165) is 10.9 Å². The number of hydrazine groups is 1. The minimum absolute atomic E-state index is 0.118. The molecule has 1 aliphatic heterocycles. The zero-order valence-corrected chi connectivity index (χ0v) is 18.7. The van der Waals surface area contributed by atoms with E-state index in [1.807, 2.05) is 0 Å². The number of carbonyl (C=O) groups is 2. The molecule has 10 heteroatoms. The maximum absolute atomic E-state index is 13.1. The summed E-state index contributed by atoms with van der Waals surface area (Å²) >= 11 is 3.28. The molecule has 3 rings (SSSR count). The van der Waals surface area contributed by atoms with Gasteiger partial charge in [0.2, 0.25) is 10.0 Å². The van der Waals surface area contributed by atoms with Crippen molar-refractivity contribution in [3.63, 3.8) is 0 Å². The van der Waals surface area contributed by atoms with Crippen LogP contribution in [0, 0.1) is 0 Å². The average molecular weight is 496 g/mol. The van der Waals surface area contributed by atoms with Gasteiger partial charge in [0.1, 0.15) is 11.8 Å². The molecule has 1 saturated heterocycles. The van der Waals surface area contributed by atoms with Crippen LogP contribution in [0.15, 0.2) is 57.9 Å². The van der Waals surface area contributed by atoms with Crippen molar-refractivity contribution in [1.29, 1.82) is 0 Å². The molecule has 1 fully saturated rings. The number of piperidine rings is 1. The quantitative estimate of drug-likeness (QED) is 0.619. The van der Waals surface area contributed by atoms with E-state index in [4.69, 9.17) is 4.74 Å². The molecular formula is C20H22BrN3O5S. The van der Waals surface area contributed by atoms with Crippen molar-refractivity contribution in [2.24, 2.45) is 0 Å². The van der Waals surface area contributed by atoms with Crippen LogP contribution in [-0.4, -0.2) is 44.2 Å². The lowest BCUT2D eigenvalue weighted by atomic mass is 10.0. The zero-order valence-electron chi connectivity index (χ0n) is 16.3. The summed E-state index contributed by atoms with van der Waals surface area (Å²) in [5.74, 6) is -0.479. The summed E-state index contributed by atoms with van der Waals surface area (Å²) in [6.45, 7) is 0.239. The third-order valence-electron chi connectivity index (χ3n) is 4.83. The van der Waals surface area contributed by atoms with Crippen LogP contribution < -0.4 is 15.6 Å². The van der Waals surface area contributed by atoms with Gasteiger partial charge in [0.05, 0.1) is 12.0 Å². The van der Waals surface area contributed by atoms with Gasteiger partial charge in [-0.05, 0) is 61.4 Å². The highest BCUT2D eigenvalue weighted by Crippen LogP contribution is 2.26. The molecule has 0 aromatic heterocycles. The Labute approximate surface area is 183 Å². The molecule has 8 nitrogen and oxygen atoms in total. The molecule has 0 radical (unpaired) electrons. The van der Waals surface area contributed by atoms with Gasteiger partial charge in [-0.15, -0.1) is 0 Å². The minimum atomic E-state index is -3.85. The zero-order chi connectivity index (χ0) is 21.7. The summed E-state index contributed by atoms with van der Waals surface area (Å²) in [6, 6.07) is 11.7. The highest BCUT2D eigenvalue weighted by Gasteiger charge is 2.37. The average Bonchev–Trinajstić information content (AvgIpc) is 2.77. The maximum atomic E-state index is 13.1. The lowest BCUT2D eigenvalue weighted by Gasteiger charge is -2.33. The van der Waals surface area contributed by atoms with Crippen LogP contribution in [-0.2, 0) is 14.8 Å². The molecule has 2 N–H and O–H groups in total. The Morgan fingerprint density at radius 2 is 1.70 bits per heavy atom. The Morgan fingerprint density at radius 1 is 1.03 bits per heavy atom. The van der Waals surface area contributed by atoms with Gasteiger partial charge in [0.25, 0.3) is 11.8 Å². The van der Waals surface area contributed by atoms with Crippen LogP contribution in [0.2, 0.25) is 0 Å². The molecule has 160 valence electrons. The molecule has 0 saturated carbocycles. The Kier molecular flexibility index (Phi) is 7.11. The van der Waals surface area contributed by atoms with Gasteiger partial charge in [-0.3, -0.25) is 20.4 Å². The van der Waals surface area contributed by atoms with E-state index in [0.29, 0.717) is 24.2 Å². The van der Waals surface area contributed by atoms with Gasteiger partial charge in [0.15, 0.2) is 0 Å². The Morgan fingerprint density at radius 3 is 2.33 bits per heavy atom. The van der Waals surface area contributed by atoms with E-state index in [9.17, 15) is 18.0 Å². The molecule has 1 unspecified atom stereocenters. The molecular weight excluding hydrogens is 474 g/mol. The maximum Gasteiger partial charge on any atom is 0.269 e. The van der Waals surface area contributed by atoms with Crippen molar-refractivity contribution < 1.29 is 22.7 Å². The number of hydrogen-bond acceptors (Lipinski definition) is 5. The summed E-state index contributed by atoms with van der Waals surface area (Å²) in [7, 11) is -2.32. The molecule has 1 atom stereocenters. The molecule has 2 aromatic carbocycles. The van der Waals surface area contributed by atoms with Crippen molar-refractivity contribution in [3.8, 4) is 5.75 Å². The van der Waals surface area contributed by atoms with E-state index in [-0.39, 0.29) is 11.4 Å². The first-order chi connectivity index (χ1) is 14.3. The lowest BCUT2D eigenvalue weighted by molar-refractivity contribution is -0.126. The fraction of sp³-hybridized carbons (Fsp3) is 0.300. The van der Waals surface area contributed by atoms with Crippen molar-refractivity contribution in [1.82, 2.24) is 15.2 Å². The smallest absolute Gasteiger partial charge is 0.269 e. The number of nitrogens with zero attached hydrogens (tertiary/aromatic N) is 1. The topological polar surface area (TPSA) is 105 Å². The second kappa shape index (κ2) is 9.59. The number of amides is 2. The highest BCUT2D eigenvalue weighted by molar-refractivity contribution is 9.10. The molecule has 1 aliphatic rings. The number of hydrogen-bond donors (Lipinski definition) is 2. The van der Waals surface area contributed by atoms with Gasteiger partial charge in [-0.25, -0.2) is 8.42 Å². The van der Waals surface area contributed by atoms with Crippen LogP contribution in [0.25, 0.3) is 0 Å². The van der Waals surface area contributed by atoms with E-state index in [1.54, 1.807) is 36.4 Å². The fourth-order valence-electron chi connectivity index (χ4n) is 3.21. The first kappa shape index (κ1) is 22.3. The fourth-order valence-corrected chi connectivity index (χ4v) is 5.13. The van der Waals surface area contributed by atoms with E-state index in [2.05, 4.69) is 26.8 Å². The van der Waals surface area contributed by atoms with Crippen molar-refractivity contribution in [3.05, 3.63) is 58.6 Å². The van der Waals surface area contributed by atoms with Crippen LogP contribution in [0.5, 0.6) is 5.75 Å². The third-order valence-corrected chi connectivity index (χ3v) is 7.28. The Balaban J connectivity index is 1.69. The van der Waals surface area contributed by atoms with E-state index in [1.165, 1.54) is 23.5 Å². The van der Waals surface area contributed by atoms with Crippen LogP contribution in [0.3, 0.4) is 0 Å². The van der Waals surface area contributed by atoms with Crippen molar-refractivity contribution in [2.75, 3.05) is 13.7 Å². The summed E-state index contributed by atoms with van der Waals surface area (Å²) in [5, 5.41) is 0. The van der Waals surface area contributed by atoms with Gasteiger partial charge >= 0.3 is 0 Å². The molecule has 0 spiro atoms. The first-order valence-electron chi connectivity index (χ1n) is 9.34. The van der Waals surface area contributed by atoms with Gasteiger partial charge < -0.3 is 4.74 Å². The number of carbonyl (C=O) groups excluding carboxylic acids is 2. The third kappa shape index (κ3) is 5.00. The van der Waals surface area contributed by atoms with Crippen molar-refractivity contribution in [2.45, 2.75) is 30.2 Å². The standard InChI is InChI=1S/C20H22BrN3O5S/c1-29-16-9-5-14(6-10-16)19(25)22-23-20(26)18-4-2-3-13-24(18)30(27,28)17-11-7-15(21)8-12-17/h5-12,18H,2-4,13H2,1H3,(H,22,25)(H,23,26).